The van der Waals surface area contributed by atoms with Crippen molar-refractivity contribution in [2.75, 3.05) is 13.7 Å². The summed E-state index contributed by atoms with van der Waals surface area (Å²) < 4.78 is 4.94. The molecule has 4 nitrogen and oxygen atoms in total. The van der Waals surface area contributed by atoms with Crippen LogP contribution in [-0.2, 0) is 16.0 Å². The van der Waals surface area contributed by atoms with Gasteiger partial charge in [-0.3, -0.25) is 4.79 Å². The van der Waals surface area contributed by atoms with Gasteiger partial charge in [0.2, 0.25) is 5.91 Å². The molecule has 0 aliphatic rings. The average Bonchev–Trinajstić information content (AvgIpc) is 2.29. The number of amides is 1. The van der Waals surface area contributed by atoms with Crippen molar-refractivity contribution < 1.29 is 14.6 Å². The third-order valence-corrected chi connectivity index (χ3v) is 2.50. The molecule has 0 aromatic heterocycles. The number of ether oxygens (including phenoxy) is 1. The van der Waals surface area contributed by atoms with Gasteiger partial charge in [-0.2, -0.15) is 0 Å². The second kappa shape index (κ2) is 6.91. The molecule has 1 aromatic carbocycles. The van der Waals surface area contributed by atoms with Crippen molar-refractivity contribution in [1.82, 2.24) is 5.32 Å². The number of para-hydroxylation sites is 1. The largest absolute Gasteiger partial charge is 0.508 e. The molecule has 0 radical (unpaired) electrons. The van der Waals surface area contributed by atoms with Crippen LogP contribution in [0.4, 0.5) is 0 Å². The number of benzene rings is 1. The monoisotopic (exact) mass is 237 g/mol. The third-order valence-electron chi connectivity index (χ3n) is 2.50. The molecular formula is C13H19NO3. The van der Waals surface area contributed by atoms with E-state index in [1.54, 1.807) is 31.4 Å². The summed E-state index contributed by atoms with van der Waals surface area (Å²) in [4.78, 5) is 11.7. The summed E-state index contributed by atoms with van der Waals surface area (Å²) >= 11 is 0. The topological polar surface area (TPSA) is 58.6 Å². The van der Waals surface area contributed by atoms with Gasteiger partial charge in [0.1, 0.15) is 5.75 Å². The zero-order valence-corrected chi connectivity index (χ0v) is 10.3. The van der Waals surface area contributed by atoms with Crippen LogP contribution in [0.3, 0.4) is 0 Å². The lowest BCUT2D eigenvalue weighted by atomic mass is 10.1. The molecule has 4 heteroatoms. The fraction of sp³-hybridized carbons (Fsp3) is 0.462. The summed E-state index contributed by atoms with van der Waals surface area (Å²) in [5.74, 6) is 0.0716. The van der Waals surface area contributed by atoms with Crippen molar-refractivity contribution >= 4 is 5.91 Å². The minimum atomic E-state index is -0.0879. The zero-order chi connectivity index (χ0) is 12.7. The van der Waals surface area contributed by atoms with Gasteiger partial charge in [-0.1, -0.05) is 18.2 Å². The Hall–Kier alpha value is -1.55. The van der Waals surface area contributed by atoms with Crippen molar-refractivity contribution in [3.63, 3.8) is 0 Å². The highest BCUT2D eigenvalue weighted by Crippen LogP contribution is 2.15. The summed E-state index contributed by atoms with van der Waals surface area (Å²) in [7, 11) is 1.64. The first kappa shape index (κ1) is 13.5. The number of hydrogen-bond donors (Lipinski definition) is 2. The zero-order valence-electron chi connectivity index (χ0n) is 10.3. The number of methoxy groups -OCH3 is 1. The van der Waals surface area contributed by atoms with Gasteiger partial charge in [0, 0.05) is 25.3 Å². The Labute approximate surface area is 102 Å². The van der Waals surface area contributed by atoms with Crippen molar-refractivity contribution in [3.8, 4) is 5.75 Å². The van der Waals surface area contributed by atoms with Crippen LogP contribution in [0.5, 0.6) is 5.75 Å². The van der Waals surface area contributed by atoms with Gasteiger partial charge in [-0.25, -0.2) is 0 Å². The van der Waals surface area contributed by atoms with E-state index in [2.05, 4.69) is 5.32 Å². The third kappa shape index (κ3) is 4.87. The number of nitrogens with one attached hydrogen (secondary N) is 1. The molecule has 0 aliphatic carbocycles. The first-order chi connectivity index (χ1) is 8.13. The number of phenols is 1. The normalized spacial score (nSPS) is 12.1. The van der Waals surface area contributed by atoms with E-state index < -0.39 is 0 Å². The summed E-state index contributed by atoms with van der Waals surface area (Å²) in [5, 5.41) is 12.4. The van der Waals surface area contributed by atoms with Gasteiger partial charge in [-0.05, 0) is 19.4 Å². The first-order valence-electron chi connectivity index (χ1n) is 5.68. The van der Waals surface area contributed by atoms with E-state index in [-0.39, 0.29) is 24.1 Å². The average molecular weight is 237 g/mol. The highest BCUT2D eigenvalue weighted by Gasteiger charge is 2.09. The summed E-state index contributed by atoms with van der Waals surface area (Å²) in [6.45, 7) is 2.56. The Morgan fingerprint density at radius 1 is 1.47 bits per heavy atom. The number of carbonyl (C=O) groups is 1. The van der Waals surface area contributed by atoms with Crippen LogP contribution in [0.25, 0.3) is 0 Å². The number of carbonyl (C=O) groups excluding carboxylic acids is 1. The van der Waals surface area contributed by atoms with Gasteiger partial charge in [-0.15, -0.1) is 0 Å². The molecule has 17 heavy (non-hydrogen) atoms. The van der Waals surface area contributed by atoms with Gasteiger partial charge >= 0.3 is 0 Å². The standard InChI is InChI=1S/C13H19NO3/c1-10(7-8-17-2)14-13(16)9-11-5-3-4-6-12(11)15/h3-6,10,15H,7-9H2,1-2H3,(H,14,16). The Kier molecular flexibility index (Phi) is 5.49. The highest BCUT2D eigenvalue weighted by atomic mass is 16.5. The van der Waals surface area contributed by atoms with Crippen LogP contribution >= 0.6 is 0 Å². The molecule has 0 saturated carbocycles. The molecule has 0 fully saturated rings. The quantitative estimate of drug-likeness (QED) is 0.787. The van der Waals surface area contributed by atoms with Crippen LogP contribution in [0.15, 0.2) is 24.3 Å². The van der Waals surface area contributed by atoms with E-state index in [9.17, 15) is 9.90 Å². The maximum Gasteiger partial charge on any atom is 0.224 e. The number of rotatable bonds is 6. The Bertz CT molecular complexity index is 365. The molecule has 1 aromatic rings. The van der Waals surface area contributed by atoms with Gasteiger partial charge in [0.15, 0.2) is 0 Å². The Morgan fingerprint density at radius 3 is 2.82 bits per heavy atom. The van der Waals surface area contributed by atoms with Crippen molar-refractivity contribution in [3.05, 3.63) is 29.8 Å². The van der Waals surface area contributed by atoms with E-state index in [0.29, 0.717) is 12.2 Å². The molecular weight excluding hydrogens is 218 g/mol. The smallest absolute Gasteiger partial charge is 0.224 e. The lowest BCUT2D eigenvalue weighted by Crippen LogP contribution is -2.34. The molecule has 1 unspecified atom stereocenters. The molecule has 0 heterocycles. The van der Waals surface area contributed by atoms with Gasteiger partial charge in [0.05, 0.1) is 6.42 Å². The molecule has 94 valence electrons. The van der Waals surface area contributed by atoms with Crippen LogP contribution in [-0.4, -0.2) is 30.8 Å². The lowest BCUT2D eigenvalue weighted by Gasteiger charge is -2.13. The predicted octanol–water partition coefficient (Wildman–Crippen LogP) is 1.48. The maximum absolute atomic E-state index is 11.7. The summed E-state index contributed by atoms with van der Waals surface area (Å²) in [6.07, 6.45) is 0.979. The summed E-state index contributed by atoms with van der Waals surface area (Å²) in [6, 6.07) is 6.94. The lowest BCUT2D eigenvalue weighted by molar-refractivity contribution is -0.121. The van der Waals surface area contributed by atoms with Crippen molar-refractivity contribution in [1.29, 1.82) is 0 Å². The minimum Gasteiger partial charge on any atom is -0.508 e. The minimum absolute atomic E-state index is 0.0771. The predicted molar refractivity (Wildman–Crippen MR) is 65.9 cm³/mol. The second-order valence-corrected chi connectivity index (χ2v) is 4.06. The first-order valence-corrected chi connectivity index (χ1v) is 5.68. The van der Waals surface area contributed by atoms with E-state index in [4.69, 9.17) is 4.74 Å². The molecule has 0 spiro atoms. The van der Waals surface area contributed by atoms with Crippen LogP contribution in [0.2, 0.25) is 0 Å². The molecule has 2 N–H and O–H groups in total. The van der Waals surface area contributed by atoms with Gasteiger partial charge < -0.3 is 15.2 Å². The molecule has 0 aliphatic heterocycles. The SMILES string of the molecule is COCCC(C)NC(=O)Cc1ccccc1O. The van der Waals surface area contributed by atoms with Crippen molar-refractivity contribution in [2.45, 2.75) is 25.8 Å². The van der Waals surface area contributed by atoms with Crippen LogP contribution < -0.4 is 5.32 Å². The Balaban J connectivity index is 2.42. The van der Waals surface area contributed by atoms with Gasteiger partial charge in [0.25, 0.3) is 0 Å². The number of aromatic hydroxyl groups is 1. The van der Waals surface area contributed by atoms with Crippen LogP contribution in [0, 0.1) is 0 Å². The van der Waals surface area contributed by atoms with E-state index in [0.717, 1.165) is 6.42 Å². The summed E-state index contributed by atoms with van der Waals surface area (Å²) in [5.41, 5.74) is 0.643. The second-order valence-electron chi connectivity index (χ2n) is 4.06. The fourth-order valence-corrected chi connectivity index (χ4v) is 1.53. The van der Waals surface area contributed by atoms with Crippen molar-refractivity contribution in [2.24, 2.45) is 0 Å². The fourth-order valence-electron chi connectivity index (χ4n) is 1.53. The highest BCUT2D eigenvalue weighted by molar-refractivity contribution is 5.79. The maximum atomic E-state index is 11.7. The van der Waals surface area contributed by atoms with E-state index >= 15 is 0 Å². The molecule has 0 bridgehead atoms. The van der Waals surface area contributed by atoms with E-state index in [1.165, 1.54) is 0 Å². The molecule has 1 atom stereocenters. The molecule has 0 saturated heterocycles. The van der Waals surface area contributed by atoms with Crippen LogP contribution in [0.1, 0.15) is 18.9 Å². The number of hydrogen-bond acceptors (Lipinski definition) is 3. The number of phenolic OH excluding ortho intramolecular Hbond substituents is 1. The van der Waals surface area contributed by atoms with E-state index in [1.807, 2.05) is 6.92 Å². The molecule has 1 amide bonds. The molecule has 1 rings (SSSR count). The Morgan fingerprint density at radius 2 is 2.18 bits per heavy atom.